The number of carbonyl (C=O) groups excluding carboxylic acids is 1. The summed E-state index contributed by atoms with van der Waals surface area (Å²) >= 11 is 5.77. The predicted molar refractivity (Wildman–Crippen MR) is 58.1 cm³/mol. The van der Waals surface area contributed by atoms with E-state index in [1.54, 1.807) is 13.8 Å². The molecular weight excluding hydrogens is 235 g/mol. The Bertz CT molecular complexity index is 404. The molecule has 3 nitrogen and oxygen atoms in total. The molecule has 0 unspecified atom stereocenters. The average molecular weight is 247 g/mol. The molecule has 5 heteroatoms. The highest BCUT2D eigenvalue weighted by Crippen LogP contribution is 2.28. The number of hydrogen-bond donors (Lipinski definition) is 0. The normalized spacial score (nSPS) is 11.1. The van der Waals surface area contributed by atoms with E-state index in [-0.39, 0.29) is 10.8 Å². The lowest BCUT2D eigenvalue weighted by Gasteiger charge is -2.23. The summed E-state index contributed by atoms with van der Waals surface area (Å²) in [5.41, 5.74) is -1.17. The monoisotopic (exact) mass is 246 g/mol. The van der Waals surface area contributed by atoms with Crippen molar-refractivity contribution in [3.63, 3.8) is 0 Å². The summed E-state index contributed by atoms with van der Waals surface area (Å²) in [7, 11) is 1.26. The summed E-state index contributed by atoms with van der Waals surface area (Å²) in [6.07, 6.45) is 0. The van der Waals surface area contributed by atoms with E-state index in [4.69, 9.17) is 16.3 Å². The fourth-order valence-electron chi connectivity index (χ4n) is 1.12. The molecule has 0 aliphatic carbocycles. The zero-order valence-corrected chi connectivity index (χ0v) is 9.97. The minimum atomic E-state index is -1.17. The zero-order valence-electron chi connectivity index (χ0n) is 9.21. The van der Waals surface area contributed by atoms with E-state index < -0.39 is 17.4 Å². The first-order valence-electron chi connectivity index (χ1n) is 4.59. The molecule has 1 aromatic carbocycles. The van der Waals surface area contributed by atoms with Crippen molar-refractivity contribution in [2.45, 2.75) is 19.4 Å². The smallest absolute Gasteiger partial charge is 0.349 e. The number of rotatable bonds is 3. The molecule has 0 saturated heterocycles. The number of ether oxygens (including phenoxy) is 2. The molecule has 16 heavy (non-hydrogen) atoms. The SMILES string of the molecule is COC(=O)C(C)(C)Oc1ccc(F)cc1Cl. The van der Waals surface area contributed by atoms with Gasteiger partial charge in [0.2, 0.25) is 0 Å². The Kier molecular flexibility index (Phi) is 3.75. The summed E-state index contributed by atoms with van der Waals surface area (Å²) in [6.45, 7) is 3.08. The van der Waals surface area contributed by atoms with Gasteiger partial charge in [-0.1, -0.05) is 11.6 Å². The molecule has 0 bridgehead atoms. The van der Waals surface area contributed by atoms with Gasteiger partial charge in [0.15, 0.2) is 5.60 Å². The molecule has 0 saturated carbocycles. The molecule has 0 atom stereocenters. The maximum atomic E-state index is 12.8. The van der Waals surface area contributed by atoms with Crippen molar-refractivity contribution in [2.24, 2.45) is 0 Å². The van der Waals surface area contributed by atoms with Crippen LogP contribution in [0.3, 0.4) is 0 Å². The number of carbonyl (C=O) groups is 1. The molecule has 0 amide bonds. The molecule has 0 radical (unpaired) electrons. The maximum absolute atomic E-state index is 12.8. The molecule has 1 aromatic rings. The largest absolute Gasteiger partial charge is 0.475 e. The van der Waals surface area contributed by atoms with E-state index in [1.807, 2.05) is 0 Å². The van der Waals surface area contributed by atoms with Gasteiger partial charge in [-0.25, -0.2) is 9.18 Å². The van der Waals surface area contributed by atoms with Crippen LogP contribution in [0, 0.1) is 5.82 Å². The van der Waals surface area contributed by atoms with Crippen molar-refractivity contribution in [1.29, 1.82) is 0 Å². The lowest BCUT2D eigenvalue weighted by molar-refractivity contribution is -0.156. The van der Waals surface area contributed by atoms with Crippen LogP contribution in [0.25, 0.3) is 0 Å². The fourth-order valence-corrected chi connectivity index (χ4v) is 1.33. The molecule has 88 valence electrons. The van der Waals surface area contributed by atoms with Gasteiger partial charge in [-0.05, 0) is 32.0 Å². The van der Waals surface area contributed by atoms with Crippen LogP contribution in [0.5, 0.6) is 5.75 Å². The summed E-state index contributed by atoms with van der Waals surface area (Å²) in [6, 6.07) is 3.68. The zero-order chi connectivity index (χ0) is 12.3. The lowest BCUT2D eigenvalue weighted by Crippen LogP contribution is -2.39. The van der Waals surface area contributed by atoms with Gasteiger partial charge in [-0.3, -0.25) is 0 Å². The fraction of sp³-hybridized carbons (Fsp3) is 0.364. The Hall–Kier alpha value is -1.29. The van der Waals surface area contributed by atoms with Gasteiger partial charge in [0.1, 0.15) is 11.6 Å². The lowest BCUT2D eigenvalue weighted by atomic mass is 10.1. The molecule has 0 aliphatic heterocycles. The standard InChI is InChI=1S/C11H12ClFO3/c1-11(2,10(14)15-3)16-9-5-4-7(13)6-8(9)12/h4-6H,1-3H3. The molecule has 0 aliphatic rings. The first-order chi connectivity index (χ1) is 7.36. The van der Waals surface area contributed by atoms with E-state index >= 15 is 0 Å². The van der Waals surface area contributed by atoms with Gasteiger partial charge in [-0.2, -0.15) is 0 Å². The van der Waals surface area contributed by atoms with Crippen molar-refractivity contribution in [3.8, 4) is 5.75 Å². The van der Waals surface area contributed by atoms with Gasteiger partial charge in [0.25, 0.3) is 0 Å². The van der Waals surface area contributed by atoms with E-state index in [0.29, 0.717) is 0 Å². The number of esters is 1. The van der Waals surface area contributed by atoms with Gasteiger partial charge in [0, 0.05) is 0 Å². The van der Waals surface area contributed by atoms with E-state index in [1.165, 1.54) is 19.2 Å². The molecule has 0 N–H and O–H groups in total. The predicted octanol–water partition coefficient (Wildman–Crippen LogP) is 2.81. The highest BCUT2D eigenvalue weighted by atomic mass is 35.5. The third-order valence-corrected chi connectivity index (χ3v) is 2.23. The number of methoxy groups -OCH3 is 1. The van der Waals surface area contributed by atoms with Crippen molar-refractivity contribution in [1.82, 2.24) is 0 Å². The van der Waals surface area contributed by atoms with Gasteiger partial charge in [0.05, 0.1) is 12.1 Å². The Balaban J connectivity index is 2.92. The summed E-state index contributed by atoms with van der Waals surface area (Å²) in [4.78, 5) is 11.4. The van der Waals surface area contributed by atoms with Crippen LogP contribution >= 0.6 is 11.6 Å². The third kappa shape index (κ3) is 2.85. The van der Waals surface area contributed by atoms with Crippen LogP contribution < -0.4 is 4.74 Å². The quantitative estimate of drug-likeness (QED) is 0.770. The van der Waals surface area contributed by atoms with Crippen molar-refractivity contribution in [3.05, 3.63) is 29.0 Å². The van der Waals surface area contributed by atoms with Crippen LogP contribution in [-0.2, 0) is 9.53 Å². The second kappa shape index (κ2) is 4.70. The molecule has 0 spiro atoms. The first kappa shape index (κ1) is 12.8. The molecular formula is C11H12ClFO3. The topological polar surface area (TPSA) is 35.5 Å². The number of benzene rings is 1. The Morgan fingerprint density at radius 3 is 2.56 bits per heavy atom. The summed E-state index contributed by atoms with van der Waals surface area (Å²) in [5, 5.41) is 0.108. The molecule has 1 rings (SSSR count). The van der Waals surface area contributed by atoms with Crippen molar-refractivity contribution < 1.29 is 18.7 Å². The van der Waals surface area contributed by atoms with Crippen LogP contribution in [0.2, 0.25) is 5.02 Å². The van der Waals surface area contributed by atoms with Crippen molar-refractivity contribution >= 4 is 17.6 Å². The highest BCUT2D eigenvalue weighted by molar-refractivity contribution is 6.32. The van der Waals surface area contributed by atoms with Crippen LogP contribution in [0.1, 0.15) is 13.8 Å². The Morgan fingerprint density at radius 2 is 2.06 bits per heavy atom. The van der Waals surface area contributed by atoms with E-state index in [0.717, 1.165) is 6.07 Å². The van der Waals surface area contributed by atoms with Gasteiger partial charge >= 0.3 is 5.97 Å². The average Bonchev–Trinajstić information content (AvgIpc) is 2.21. The minimum absolute atomic E-state index is 0.108. The van der Waals surface area contributed by atoms with Gasteiger partial charge < -0.3 is 9.47 Å². The van der Waals surface area contributed by atoms with Crippen molar-refractivity contribution in [2.75, 3.05) is 7.11 Å². The number of halogens is 2. The first-order valence-corrected chi connectivity index (χ1v) is 4.97. The van der Waals surface area contributed by atoms with Crippen LogP contribution in [0.4, 0.5) is 4.39 Å². The van der Waals surface area contributed by atoms with Gasteiger partial charge in [-0.15, -0.1) is 0 Å². The van der Waals surface area contributed by atoms with E-state index in [2.05, 4.69) is 4.74 Å². The summed E-state index contributed by atoms with van der Waals surface area (Å²) in [5.74, 6) is -0.764. The molecule has 0 fully saturated rings. The molecule has 0 heterocycles. The van der Waals surface area contributed by atoms with Crippen LogP contribution in [-0.4, -0.2) is 18.7 Å². The number of hydrogen-bond acceptors (Lipinski definition) is 3. The summed E-state index contributed by atoms with van der Waals surface area (Å²) < 4.78 is 22.7. The van der Waals surface area contributed by atoms with Crippen LogP contribution in [0.15, 0.2) is 18.2 Å². The second-order valence-electron chi connectivity index (χ2n) is 3.68. The highest BCUT2D eigenvalue weighted by Gasteiger charge is 2.31. The maximum Gasteiger partial charge on any atom is 0.349 e. The minimum Gasteiger partial charge on any atom is -0.475 e. The Morgan fingerprint density at radius 1 is 1.44 bits per heavy atom. The molecule has 0 aromatic heterocycles. The third-order valence-electron chi connectivity index (χ3n) is 1.94. The Labute approximate surface area is 98.1 Å². The second-order valence-corrected chi connectivity index (χ2v) is 4.09. The van der Waals surface area contributed by atoms with E-state index in [9.17, 15) is 9.18 Å².